The fourth-order valence-corrected chi connectivity index (χ4v) is 3.82. The first-order chi connectivity index (χ1) is 14.9. The average molecular weight is 448 g/mol. The number of nitrogens with zero attached hydrogens (tertiary/aromatic N) is 1. The predicted octanol–water partition coefficient (Wildman–Crippen LogP) is 3.24. The van der Waals surface area contributed by atoms with Crippen LogP contribution in [0.1, 0.15) is 36.6 Å². The first kappa shape index (κ1) is 23.2. The summed E-state index contributed by atoms with van der Waals surface area (Å²) in [6, 6.07) is 12.8. The quantitative estimate of drug-likeness (QED) is 0.651. The van der Waals surface area contributed by atoms with Gasteiger partial charge in [-0.2, -0.15) is 0 Å². The van der Waals surface area contributed by atoms with Crippen LogP contribution >= 0.6 is 11.6 Å². The summed E-state index contributed by atoms with van der Waals surface area (Å²) >= 11 is 5.95. The Morgan fingerprint density at radius 2 is 1.68 bits per heavy atom. The van der Waals surface area contributed by atoms with Crippen molar-refractivity contribution in [2.75, 3.05) is 32.8 Å². The van der Waals surface area contributed by atoms with Gasteiger partial charge in [0.1, 0.15) is 5.82 Å². The third kappa shape index (κ3) is 7.02. The molecule has 0 bridgehead atoms. The van der Waals surface area contributed by atoms with E-state index < -0.39 is 6.04 Å². The van der Waals surface area contributed by atoms with E-state index in [0.717, 1.165) is 24.2 Å². The third-order valence-corrected chi connectivity index (χ3v) is 5.53. The van der Waals surface area contributed by atoms with Crippen molar-refractivity contribution in [2.24, 2.45) is 0 Å². The largest absolute Gasteiger partial charge is 0.379 e. The molecule has 1 aliphatic rings. The SMILES string of the molecule is CC(=O)N[C@@H](CC(=O)NC[C@@H](c1ccc(F)cc1)N1CCOCC1)c1ccc(Cl)cc1. The lowest BCUT2D eigenvalue weighted by atomic mass is 10.0. The Hall–Kier alpha value is -2.48. The van der Waals surface area contributed by atoms with E-state index in [1.54, 1.807) is 36.4 Å². The average Bonchev–Trinajstić information content (AvgIpc) is 2.75. The van der Waals surface area contributed by atoms with E-state index >= 15 is 0 Å². The number of hydrogen-bond donors (Lipinski definition) is 2. The standard InChI is InChI=1S/C23H27ClFN3O3/c1-16(29)27-21(17-2-6-19(24)7-3-17)14-23(30)26-15-22(28-10-12-31-13-11-28)18-4-8-20(25)9-5-18/h2-9,21-22H,10-15H2,1H3,(H,26,30)(H,27,29)/t21-,22-/m0/s1. The van der Waals surface area contributed by atoms with E-state index in [9.17, 15) is 14.0 Å². The summed E-state index contributed by atoms with van der Waals surface area (Å²) in [5.41, 5.74) is 1.73. The molecule has 0 saturated carbocycles. The molecule has 31 heavy (non-hydrogen) atoms. The molecule has 0 aromatic heterocycles. The van der Waals surface area contributed by atoms with Crippen molar-refractivity contribution in [3.05, 3.63) is 70.5 Å². The van der Waals surface area contributed by atoms with E-state index in [4.69, 9.17) is 16.3 Å². The number of rotatable bonds is 8. The number of halogens is 2. The number of carbonyl (C=O) groups excluding carboxylic acids is 2. The summed E-state index contributed by atoms with van der Waals surface area (Å²) in [5, 5.41) is 6.40. The molecule has 2 atom stereocenters. The molecule has 8 heteroatoms. The highest BCUT2D eigenvalue weighted by molar-refractivity contribution is 6.30. The summed E-state index contributed by atoms with van der Waals surface area (Å²) in [6.45, 7) is 4.50. The molecule has 2 amide bonds. The molecule has 0 spiro atoms. The number of ether oxygens (including phenoxy) is 1. The lowest BCUT2D eigenvalue weighted by molar-refractivity contribution is -0.123. The van der Waals surface area contributed by atoms with Gasteiger partial charge in [0, 0.05) is 31.6 Å². The van der Waals surface area contributed by atoms with Crippen LogP contribution in [-0.2, 0) is 14.3 Å². The first-order valence-corrected chi connectivity index (χ1v) is 10.7. The maximum atomic E-state index is 13.4. The Kier molecular flexibility index (Phi) is 8.40. The summed E-state index contributed by atoms with van der Waals surface area (Å²) in [7, 11) is 0. The van der Waals surface area contributed by atoms with E-state index in [1.807, 2.05) is 0 Å². The molecule has 6 nitrogen and oxygen atoms in total. The van der Waals surface area contributed by atoms with Crippen LogP contribution in [0.3, 0.4) is 0 Å². The summed E-state index contributed by atoms with van der Waals surface area (Å²) in [4.78, 5) is 26.6. The highest BCUT2D eigenvalue weighted by Crippen LogP contribution is 2.23. The summed E-state index contributed by atoms with van der Waals surface area (Å²) < 4.78 is 18.8. The van der Waals surface area contributed by atoms with Gasteiger partial charge in [0.2, 0.25) is 11.8 Å². The highest BCUT2D eigenvalue weighted by atomic mass is 35.5. The number of nitrogens with one attached hydrogen (secondary N) is 2. The lowest BCUT2D eigenvalue weighted by Gasteiger charge is -2.35. The maximum Gasteiger partial charge on any atom is 0.222 e. The molecule has 3 rings (SSSR count). The zero-order chi connectivity index (χ0) is 22.2. The highest BCUT2D eigenvalue weighted by Gasteiger charge is 2.24. The molecule has 2 N–H and O–H groups in total. The molecular formula is C23H27ClFN3O3. The predicted molar refractivity (Wildman–Crippen MR) is 117 cm³/mol. The Labute approximate surface area is 186 Å². The van der Waals surface area contributed by atoms with E-state index in [1.165, 1.54) is 19.1 Å². The van der Waals surface area contributed by atoms with Crippen molar-refractivity contribution in [3.8, 4) is 0 Å². The Balaban J connectivity index is 1.67. The zero-order valence-electron chi connectivity index (χ0n) is 17.4. The molecule has 2 aromatic carbocycles. The maximum absolute atomic E-state index is 13.4. The fraction of sp³-hybridized carbons (Fsp3) is 0.391. The molecule has 0 aliphatic carbocycles. The van der Waals surface area contributed by atoms with Crippen molar-refractivity contribution in [3.63, 3.8) is 0 Å². The molecule has 1 heterocycles. The number of amides is 2. The van der Waals surface area contributed by atoms with Crippen molar-refractivity contribution >= 4 is 23.4 Å². The van der Waals surface area contributed by atoms with Gasteiger partial charge < -0.3 is 15.4 Å². The Bertz CT molecular complexity index is 871. The first-order valence-electron chi connectivity index (χ1n) is 10.3. The molecular weight excluding hydrogens is 421 g/mol. The van der Waals surface area contributed by atoms with Gasteiger partial charge >= 0.3 is 0 Å². The minimum atomic E-state index is -0.456. The van der Waals surface area contributed by atoms with Crippen molar-refractivity contribution in [2.45, 2.75) is 25.4 Å². The van der Waals surface area contributed by atoms with Crippen LogP contribution in [0.25, 0.3) is 0 Å². The van der Waals surface area contributed by atoms with Crippen molar-refractivity contribution in [1.82, 2.24) is 15.5 Å². The van der Waals surface area contributed by atoms with Crippen LogP contribution in [0.5, 0.6) is 0 Å². The molecule has 0 radical (unpaired) electrons. The number of morpholine rings is 1. The second-order valence-electron chi connectivity index (χ2n) is 7.53. The van der Waals surface area contributed by atoms with Crippen LogP contribution in [0.2, 0.25) is 5.02 Å². The van der Waals surface area contributed by atoms with Crippen molar-refractivity contribution in [1.29, 1.82) is 0 Å². The topological polar surface area (TPSA) is 70.7 Å². The van der Waals surface area contributed by atoms with Crippen LogP contribution in [0.4, 0.5) is 4.39 Å². The number of hydrogen-bond acceptors (Lipinski definition) is 4. The number of carbonyl (C=O) groups is 2. The normalized spacial score (nSPS) is 16.4. The molecule has 166 valence electrons. The minimum absolute atomic E-state index is 0.0943. The molecule has 1 saturated heterocycles. The van der Waals surface area contributed by atoms with Gasteiger partial charge in [-0.15, -0.1) is 0 Å². The van der Waals surface area contributed by atoms with Gasteiger partial charge in [0.25, 0.3) is 0 Å². The summed E-state index contributed by atoms with van der Waals surface area (Å²) in [6.07, 6.45) is 0.0977. The van der Waals surface area contributed by atoms with Gasteiger partial charge in [-0.1, -0.05) is 35.9 Å². The number of benzene rings is 2. The second-order valence-corrected chi connectivity index (χ2v) is 7.96. The van der Waals surface area contributed by atoms with Gasteiger partial charge in [-0.25, -0.2) is 4.39 Å². The van der Waals surface area contributed by atoms with Gasteiger partial charge in [-0.3, -0.25) is 14.5 Å². The van der Waals surface area contributed by atoms with E-state index in [2.05, 4.69) is 15.5 Å². The molecule has 1 aliphatic heterocycles. The minimum Gasteiger partial charge on any atom is -0.379 e. The van der Waals surface area contributed by atoms with E-state index in [0.29, 0.717) is 24.8 Å². The van der Waals surface area contributed by atoms with Crippen LogP contribution in [0.15, 0.2) is 48.5 Å². The lowest BCUT2D eigenvalue weighted by Crippen LogP contribution is -2.44. The Morgan fingerprint density at radius 1 is 1.06 bits per heavy atom. The van der Waals surface area contributed by atoms with Crippen LogP contribution < -0.4 is 10.6 Å². The Morgan fingerprint density at radius 3 is 2.29 bits per heavy atom. The smallest absolute Gasteiger partial charge is 0.222 e. The van der Waals surface area contributed by atoms with Gasteiger partial charge in [-0.05, 0) is 35.4 Å². The van der Waals surface area contributed by atoms with Crippen LogP contribution in [-0.4, -0.2) is 49.6 Å². The second kappa shape index (κ2) is 11.2. The zero-order valence-corrected chi connectivity index (χ0v) is 18.2. The van der Waals surface area contributed by atoms with Crippen LogP contribution in [0, 0.1) is 5.82 Å². The summed E-state index contributed by atoms with van der Waals surface area (Å²) in [5.74, 6) is -0.700. The van der Waals surface area contributed by atoms with Crippen molar-refractivity contribution < 1.29 is 18.7 Å². The monoisotopic (exact) mass is 447 g/mol. The van der Waals surface area contributed by atoms with E-state index in [-0.39, 0.29) is 30.1 Å². The molecule has 0 unspecified atom stereocenters. The fourth-order valence-electron chi connectivity index (χ4n) is 3.69. The molecule has 1 fully saturated rings. The third-order valence-electron chi connectivity index (χ3n) is 5.27. The molecule has 2 aromatic rings. The van der Waals surface area contributed by atoms with Gasteiger partial charge in [0.05, 0.1) is 31.7 Å². The van der Waals surface area contributed by atoms with Gasteiger partial charge in [0.15, 0.2) is 0 Å².